The van der Waals surface area contributed by atoms with E-state index in [1.165, 1.54) is 49.0 Å². The topological polar surface area (TPSA) is 94.8 Å². The van der Waals surface area contributed by atoms with E-state index in [1.807, 2.05) is 19.3 Å². The van der Waals surface area contributed by atoms with Crippen LogP contribution in [0.3, 0.4) is 0 Å². The van der Waals surface area contributed by atoms with E-state index < -0.39 is 5.82 Å². The van der Waals surface area contributed by atoms with E-state index in [2.05, 4.69) is 25.6 Å². The van der Waals surface area contributed by atoms with Gasteiger partial charge in [0.2, 0.25) is 5.13 Å². The quantitative estimate of drug-likeness (QED) is 0.477. The van der Waals surface area contributed by atoms with Gasteiger partial charge in [-0.1, -0.05) is 11.3 Å². The van der Waals surface area contributed by atoms with E-state index in [4.69, 9.17) is 4.74 Å². The largest absolute Gasteiger partial charge is 0.496 e. The molecule has 0 spiro atoms. The van der Waals surface area contributed by atoms with Crippen LogP contribution in [0, 0.1) is 5.82 Å². The highest BCUT2D eigenvalue weighted by molar-refractivity contribution is 7.15. The van der Waals surface area contributed by atoms with Crippen molar-refractivity contribution in [3.63, 3.8) is 0 Å². The third-order valence-corrected chi connectivity index (χ3v) is 6.37. The number of halogens is 1. The molecule has 3 aromatic heterocycles. The minimum Gasteiger partial charge on any atom is -0.496 e. The summed E-state index contributed by atoms with van der Waals surface area (Å²) < 4.78 is 21.0. The zero-order valence-electron chi connectivity index (χ0n) is 17.3. The van der Waals surface area contributed by atoms with Crippen LogP contribution in [0.25, 0.3) is 11.1 Å². The number of aryl methyl sites for hydroxylation is 1. The number of nitrogens with zero attached hydrogens (tertiary/aromatic N) is 5. The molecule has 0 radical (unpaired) electrons. The summed E-state index contributed by atoms with van der Waals surface area (Å²) in [5.41, 5.74) is 2.28. The summed E-state index contributed by atoms with van der Waals surface area (Å²) in [7, 11) is 3.39. The molecule has 1 aliphatic carbocycles. The molecular formula is C22H19FN6O2S. The molecule has 4 aromatic rings. The van der Waals surface area contributed by atoms with Gasteiger partial charge in [0, 0.05) is 48.6 Å². The maximum Gasteiger partial charge on any atom is 0.258 e. The molecule has 8 nitrogen and oxygen atoms in total. The summed E-state index contributed by atoms with van der Waals surface area (Å²) in [5, 5.41) is 17.0. The van der Waals surface area contributed by atoms with E-state index in [9.17, 15) is 9.18 Å². The summed E-state index contributed by atoms with van der Waals surface area (Å²) in [6.45, 7) is 0. The highest BCUT2D eigenvalue weighted by Crippen LogP contribution is 2.55. The first kappa shape index (κ1) is 20.3. The highest BCUT2D eigenvalue weighted by Gasteiger charge is 2.43. The van der Waals surface area contributed by atoms with Gasteiger partial charge in [0.1, 0.15) is 16.6 Å². The average molecular weight is 450 g/mol. The molecule has 32 heavy (non-hydrogen) atoms. The zero-order chi connectivity index (χ0) is 22.2. The smallest absolute Gasteiger partial charge is 0.258 e. The summed E-state index contributed by atoms with van der Waals surface area (Å²) in [6, 6.07) is 7.73. The minimum absolute atomic E-state index is 0.265. The van der Waals surface area contributed by atoms with Gasteiger partial charge >= 0.3 is 0 Å². The summed E-state index contributed by atoms with van der Waals surface area (Å²) >= 11 is 1.35. The monoisotopic (exact) mass is 450 g/mol. The predicted octanol–water partition coefficient (Wildman–Crippen LogP) is 4.00. The molecule has 2 atom stereocenters. The van der Waals surface area contributed by atoms with Crippen molar-refractivity contribution in [2.75, 3.05) is 12.4 Å². The molecule has 1 aliphatic rings. The van der Waals surface area contributed by atoms with Crippen LogP contribution in [0.15, 0.2) is 48.9 Å². The molecule has 162 valence electrons. The Morgan fingerprint density at radius 1 is 1.22 bits per heavy atom. The Bertz CT molecular complexity index is 1300. The number of hydrogen-bond acceptors (Lipinski definition) is 7. The van der Waals surface area contributed by atoms with E-state index in [-0.39, 0.29) is 11.8 Å². The molecule has 1 fully saturated rings. The van der Waals surface area contributed by atoms with E-state index in [0.717, 1.165) is 17.1 Å². The Morgan fingerprint density at radius 2 is 2.09 bits per heavy atom. The van der Waals surface area contributed by atoms with Crippen LogP contribution in [-0.4, -0.2) is 38.0 Å². The molecule has 0 saturated heterocycles. The lowest BCUT2D eigenvalue weighted by Gasteiger charge is -2.12. The number of hydrogen-bond donors (Lipinski definition) is 1. The maximum absolute atomic E-state index is 13.9. The lowest BCUT2D eigenvalue weighted by Crippen LogP contribution is -2.13. The van der Waals surface area contributed by atoms with Crippen LogP contribution in [-0.2, 0) is 7.05 Å². The third kappa shape index (κ3) is 3.84. The molecule has 5 rings (SSSR count). The third-order valence-electron chi connectivity index (χ3n) is 5.40. The number of carbonyl (C=O) groups is 1. The zero-order valence-corrected chi connectivity index (χ0v) is 18.1. The van der Waals surface area contributed by atoms with Gasteiger partial charge in [-0.05, 0) is 36.8 Å². The number of aromatic nitrogens is 5. The Balaban J connectivity index is 1.36. The van der Waals surface area contributed by atoms with Gasteiger partial charge in [-0.3, -0.25) is 19.8 Å². The van der Waals surface area contributed by atoms with E-state index in [1.54, 1.807) is 10.7 Å². The van der Waals surface area contributed by atoms with Crippen molar-refractivity contribution in [2.45, 2.75) is 18.3 Å². The molecule has 1 saturated carbocycles. The second-order valence-corrected chi connectivity index (χ2v) is 8.54. The fourth-order valence-electron chi connectivity index (χ4n) is 3.72. The van der Waals surface area contributed by atoms with Gasteiger partial charge in [0.25, 0.3) is 5.91 Å². The van der Waals surface area contributed by atoms with Crippen LogP contribution >= 0.6 is 11.3 Å². The Hall–Kier alpha value is -3.66. The van der Waals surface area contributed by atoms with Gasteiger partial charge in [-0.25, -0.2) is 4.39 Å². The summed E-state index contributed by atoms with van der Waals surface area (Å²) in [5.74, 6) is 0.229. The normalized spacial score (nSPS) is 17.2. The lowest BCUT2D eigenvalue weighted by atomic mass is 10.0. The number of carbonyl (C=O) groups excluding carboxylic acids is 1. The van der Waals surface area contributed by atoms with Crippen molar-refractivity contribution in [1.29, 1.82) is 0 Å². The van der Waals surface area contributed by atoms with Crippen molar-refractivity contribution in [1.82, 2.24) is 25.0 Å². The van der Waals surface area contributed by atoms with Gasteiger partial charge in [-0.15, -0.1) is 10.2 Å². The van der Waals surface area contributed by atoms with Crippen molar-refractivity contribution >= 4 is 22.4 Å². The number of benzene rings is 1. The van der Waals surface area contributed by atoms with Crippen LogP contribution in [0.2, 0.25) is 0 Å². The Morgan fingerprint density at radius 3 is 2.88 bits per heavy atom. The van der Waals surface area contributed by atoms with Gasteiger partial charge < -0.3 is 4.74 Å². The molecular weight excluding hydrogens is 431 g/mol. The number of nitrogens with one attached hydrogen (secondary N) is 1. The molecule has 1 unspecified atom stereocenters. The summed E-state index contributed by atoms with van der Waals surface area (Å²) in [6.07, 6.45) is 5.92. The minimum atomic E-state index is -0.434. The number of rotatable bonds is 6. The van der Waals surface area contributed by atoms with Gasteiger partial charge in [0.05, 0.1) is 18.4 Å². The van der Waals surface area contributed by atoms with Crippen LogP contribution < -0.4 is 10.1 Å². The molecule has 3 heterocycles. The highest BCUT2D eigenvalue weighted by atomic mass is 32.1. The fourth-order valence-corrected chi connectivity index (χ4v) is 4.64. The van der Waals surface area contributed by atoms with E-state index in [0.29, 0.717) is 33.5 Å². The number of pyridine rings is 1. The number of ether oxygens (including phenoxy) is 1. The van der Waals surface area contributed by atoms with Crippen LogP contribution in [0.4, 0.5) is 9.52 Å². The standard InChI is InChI=1S/C22H19FN6O2S/c1-29-8-6-18(28-29)14-10-16(14)21-26-27-22(32-21)25-20(30)13-5-7-24-11-17(13)15-9-12(23)3-4-19(15)31-2/h3-9,11,14,16H,10H2,1-2H3,(H,25,27,30)/t14-,16?/m1/s1. The first-order chi connectivity index (χ1) is 15.5. The molecule has 1 N–H and O–H groups in total. The molecule has 1 aromatic carbocycles. The second-order valence-electron chi connectivity index (χ2n) is 7.53. The van der Waals surface area contributed by atoms with Crippen LogP contribution in [0.5, 0.6) is 5.75 Å². The Kier molecular flexibility index (Phi) is 5.14. The van der Waals surface area contributed by atoms with Crippen LogP contribution in [0.1, 0.15) is 39.3 Å². The van der Waals surface area contributed by atoms with Crippen molar-refractivity contribution in [2.24, 2.45) is 7.05 Å². The molecule has 10 heteroatoms. The fraction of sp³-hybridized carbons (Fsp3) is 0.227. The van der Waals surface area contributed by atoms with Gasteiger partial charge in [0.15, 0.2) is 0 Å². The first-order valence-corrected chi connectivity index (χ1v) is 10.8. The van der Waals surface area contributed by atoms with Gasteiger partial charge in [-0.2, -0.15) is 5.10 Å². The lowest BCUT2D eigenvalue weighted by molar-refractivity contribution is 0.102. The summed E-state index contributed by atoms with van der Waals surface area (Å²) in [4.78, 5) is 17.1. The average Bonchev–Trinajstić information content (AvgIpc) is 3.25. The number of methoxy groups -OCH3 is 1. The first-order valence-electron chi connectivity index (χ1n) is 9.95. The predicted molar refractivity (Wildman–Crippen MR) is 117 cm³/mol. The Labute approximate surface area is 187 Å². The molecule has 0 bridgehead atoms. The SMILES string of the molecule is COc1ccc(F)cc1-c1cnccc1C(=O)Nc1nnc(C2C[C@H]2c2ccn(C)n2)s1. The second kappa shape index (κ2) is 8.12. The molecule has 1 amide bonds. The van der Waals surface area contributed by atoms with E-state index >= 15 is 0 Å². The van der Waals surface area contributed by atoms with Crippen molar-refractivity contribution in [3.8, 4) is 16.9 Å². The van der Waals surface area contributed by atoms with Crippen molar-refractivity contribution < 1.29 is 13.9 Å². The number of amides is 1. The molecule has 0 aliphatic heterocycles. The van der Waals surface area contributed by atoms with Crippen molar-refractivity contribution in [3.05, 3.63) is 71.0 Å². The maximum atomic E-state index is 13.9. The number of anilines is 1.